The fourth-order valence-electron chi connectivity index (χ4n) is 0.609. The van der Waals surface area contributed by atoms with E-state index in [-0.39, 0.29) is 5.54 Å². The molecule has 0 aromatic heterocycles. The zero-order valence-electron chi connectivity index (χ0n) is 7.18. The van der Waals surface area contributed by atoms with Gasteiger partial charge in [0, 0.05) is 17.4 Å². The van der Waals surface area contributed by atoms with Gasteiger partial charge in [-0.3, -0.25) is 0 Å². The fourth-order valence-corrected chi connectivity index (χ4v) is 0.609. The SMILES string of the molecule is C/C(=C/N)N(N)C(C)(C)C. The average molecular weight is 143 g/mol. The first-order chi connectivity index (χ1) is 4.39. The lowest BCUT2D eigenvalue weighted by Crippen LogP contribution is -2.45. The molecule has 60 valence electrons. The van der Waals surface area contributed by atoms with Crippen molar-refractivity contribution in [3.8, 4) is 0 Å². The molecular weight excluding hydrogens is 126 g/mol. The smallest absolute Gasteiger partial charge is 0.0473 e. The molecule has 0 aromatic carbocycles. The van der Waals surface area contributed by atoms with Gasteiger partial charge in [-0.25, -0.2) is 5.84 Å². The summed E-state index contributed by atoms with van der Waals surface area (Å²) in [6.45, 7) is 7.96. The predicted octanol–water partition coefficient (Wildman–Crippen LogP) is 0.781. The molecule has 0 amide bonds. The monoisotopic (exact) mass is 143 g/mol. The molecule has 0 heterocycles. The van der Waals surface area contributed by atoms with Crippen LogP contribution in [0.5, 0.6) is 0 Å². The van der Waals surface area contributed by atoms with Crippen LogP contribution in [0.3, 0.4) is 0 Å². The molecule has 3 heteroatoms. The number of hydrogen-bond donors (Lipinski definition) is 2. The Hall–Kier alpha value is -0.700. The van der Waals surface area contributed by atoms with Gasteiger partial charge in [-0.05, 0) is 27.7 Å². The van der Waals surface area contributed by atoms with Gasteiger partial charge in [0.05, 0.1) is 0 Å². The van der Waals surface area contributed by atoms with Crippen molar-refractivity contribution in [3.05, 3.63) is 11.9 Å². The number of nitrogens with zero attached hydrogens (tertiary/aromatic N) is 1. The molecule has 0 aliphatic carbocycles. The van der Waals surface area contributed by atoms with Crippen molar-refractivity contribution < 1.29 is 0 Å². The minimum Gasteiger partial charge on any atom is -0.403 e. The number of rotatable bonds is 1. The van der Waals surface area contributed by atoms with E-state index in [1.807, 2.05) is 27.7 Å². The van der Waals surface area contributed by atoms with Gasteiger partial charge >= 0.3 is 0 Å². The summed E-state index contributed by atoms with van der Waals surface area (Å²) in [5.41, 5.74) is 6.11. The van der Waals surface area contributed by atoms with Crippen LogP contribution in [-0.4, -0.2) is 10.5 Å². The molecule has 10 heavy (non-hydrogen) atoms. The Bertz CT molecular complexity index is 132. The summed E-state index contributed by atoms with van der Waals surface area (Å²) in [5, 5.41) is 1.65. The van der Waals surface area contributed by atoms with Crippen LogP contribution in [-0.2, 0) is 0 Å². The van der Waals surface area contributed by atoms with Gasteiger partial charge in [-0.2, -0.15) is 0 Å². The maximum absolute atomic E-state index is 5.69. The summed E-state index contributed by atoms with van der Waals surface area (Å²) in [6.07, 6.45) is 1.51. The Kier molecular flexibility index (Phi) is 2.72. The quantitative estimate of drug-likeness (QED) is 0.421. The lowest BCUT2D eigenvalue weighted by Gasteiger charge is -2.33. The maximum atomic E-state index is 5.69. The summed E-state index contributed by atoms with van der Waals surface area (Å²) < 4.78 is 0. The van der Waals surface area contributed by atoms with Gasteiger partial charge in [0.15, 0.2) is 0 Å². The lowest BCUT2D eigenvalue weighted by molar-refractivity contribution is 0.189. The molecule has 0 radical (unpaired) electrons. The molecule has 0 unspecified atom stereocenters. The Morgan fingerprint density at radius 1 is 1.40 bits per heavy atom. The van der Waals surface area contributed by atoms with Crippen LogP contribution in [0.15, 0.2) is 11.9 Å². The van der Waals surface area contributed by atoms with E-state index in [9.17, 15) is 0 Å². The first-order valence-corrected chi connectivity index (χ1v) is 3.33. The van der Waals surface area contributed by atoms with E-state index in [1.165, 1.54) is 6.20 Å². The summed E-state index contributed by atoms with van der Waals surface area (Å²) in [4.78, 5) is 0. The van der Waals surface area contributed by atoms with Crippen LogP contribution in [0.2, 0.25) is 0 Å². The number of nitrogens with two attached hydrogens (primary N) is 2. The zero-order chi connectivity index (χ0) is 8.36. The lowest BCUT2D eigenvalue weighted by atomic mass is 10.1. The van der Waals surface area contributed by atoms with E-state index in [1.54, 1.807) is 5.01 Å². The van der Waals surface area contributed by atoms with Gasteiger partial charge in [-0.1, -0.05) is 0 Å². The molecule has 0 atom stereocenters. The molecule has 0 aliphatic heterocycles. The molecule has 0 aliphatic rings. The second kappa shape index (κ2) is 2.92. The van der Waals surface area contributed by atoms with E-state index in [4.69, 9.17) is 11.6 Å². The molecule has 0 fully saturated rings. The first-order valence-electron chi connectivity index (χ1n) is 3.33. The molecule has 4 N–H and O–H groups in total. The average Bonchev–Trinajstić information content (AvgIpc) is 1.83. The summed E-state index contributed by atoms with van der Waals surface area (Å²) >= 11 is 0. The van der Waals surface area contributed by atoms with E-state index in [0.717, 1.165) is 5.70 Å². The van der Waals surface area contributed by atoms with Crippen LogP contribution in [0.4, 0.5) is 0 Å². The third-order valence-corrected chi connectivity index (χ3v) is 1.34. The van der Waals surface area contributed by atoms with E-state index < -0.39 is 0 Å². The van der Waals surface area contributed by atoms with Gasteiger partial charge in [-0.15, -0.1) is 0 Å². The normalized spacial score (nSPS) is 13.5. The molecule has 0 saturated carbocycles. The molecular formula is C7H17N3. The predicted molar refractivity (Wildman–Crippen MR) is 43.7 cm³/mol. The Morgan fingerprint density at radius 2 is 1.80 bits per heavy atom. The highest BCUT2D eigenvalue weighted by molar-refractivity contribution is 4.96. The largest absolute Gasteiger partial charge is 0.403 e. The number of allylic oxidation sites excluding steroid dienone is 1. The molecule has 3 nitrogen and oxygen atoms in total. The number of hydrazine groups is 1. The standard InChI is InChI=1S/C7H17N3/c1-6(5-8)10(9)7(2,3)4/h5H,8-9H2,1-4H3/b6-5-. The van der Waals surface area contributed by atoms with E-state index in [0.29, 0.717) is 0 Å². The van der Waals surface area contributed by atoms with Crippen molar-refractivity contribution in [2.45, 2.75) is 33.2 Å². The highest BCUT2D eigenvalue weighted by Crippen LogP contribution is 2.12. The molecule has 0 rings (SSSR count). The minimum absolute atomic E-state index is 0.0556. The Balaban J connectivity index is 4.23. The van der Waals surface area contributed by atoms with Gasteiger partial charge < -0.3 is 10.7 Å². The van der Waals surface area contributed by atoms with Crippen molar-refractivity contribution in [2.24, 2.45) is 11.6 Å². The topological polar surface area (TPSA) is 55.3 Å². The van der Waals surface area contributed by atoms with E-state index >= 15 is 0 Å². The van der Waals surface area contributed by atoms with Crippen LogP contribution >= 0.6 is 0 Å². The first kappa shape index (κ1) is 9.30. The number of hydrogen-bond acceptors (Lipinski definition) is 3. The maximum Gasteiger partial charge on any atom is 0.0473 e. The van der Waals surface area contributed by atoms with Gasteiger partial charge in [0.2, 0.25) is 0 Å². The third-order valence-electron chi connectivity index (χ3n) is 1.34. The van der Waals surface area contributed by atoms with Crippen molar-refractivity contribution in [1.82, 2.24) is 5.01 Å². The molecule has 0 saturated heterocycles. The van der Waals surface area contributed by atoms with Crippen LogP contribution < -0.4 is 11.6 Å². The highest BCUT2D eigenvalue weighted by Gasteiger charge is 2.17. The van der Waals surface area contributed by atoms with Crippen molar-refractivity contribution in [1.29, 1.82) is 0 Å². The van der Waals surface area contributed by atoms with Crippen molar-refractivity contribution >= 4 is 0 Å². The molecule has 0 spiro atoms. The second-order valence-electron chi connectivity index (χ2n) is 3.35. The summed E-state index contributed by atoms with van der Waals surface area (Å²) in [5.74, 6) is 5.69. The van der Waals surface area contributed by atoms with Gasteiger partial charge in [0.25, 0.3) is 0 Å². The molecule has 0 aromatic rings. The van der Waals surface area contributed by atoms with Crippen LogP contribution in [0.25, 0.3) is 0 Å². The van der Waals surface area contributed by atoms with Crippen molar-refractivity contribution in [3.63, 3.8) is 0 Å². The second-order valence-corrected chi connectivity index (χ2v) is 3.35. The van der Waals surface area contributed by atoms with E-state index in [2.05, 4.69) is 0 Å². The van der Waals surface area contributed by atoms with Crippen LogP contribution in [0, 0.1) is 0 Å². The van der Waals surface area contributed by atoms with Gasteiger partial charge in [0.1, 0.15) is 0 Å². The molecule has 0 bridgehead atoms. The zero-order valence-corrected chi connectivity index (χ0v) is 7.18. The highest BCUT2D eigenvalue weighted by atomic mass is 15.4. The Morgan fingerprint density at radius 3 is 1.90 bits per heavy atom. The summed E-state index contributed by atoms with van der Waals surface area (Å²) in [7, 11) is 0. The summed E-state index contributed by atoms with van der Waals surface area (Å²) in [6, 6.07) is 0. The fraction of sp³-hybridized carbons (Fsp3) is 0.714. The third kappa shape index (κ3) is 2.27. The van der Waals surface area contributed by atoms with Crippen LogP contribution in [0.1, 0.15) is 27.7 Å². The van der Waals surface area contributed by atoms with Crippen molar-refractivity contribution in [2.75, 3.05) is 0 Å². The Labute approximate surface area is 62.6 Å². The minimum atomic E-state index is -0.0556.